The van der Waals surface area contributed by atoms with E-state index < -0.39 is 24.3 Å². The number of anilines is 2. The molecule has 228 valence electrons. The van der Waals surface area contributed by atoms with Gasteiger partial charge >= 0.3 is 12.1 Å². The summed E-state index contributed by atoms with van der Waals surface area (Å²) in [7, 11) is 4.44. The number of likely N-dealkylation sites (tertiary alicyclic amines) is 1. The number of hydrogen-bond donors (Lipinski definition) is 0. The highest BCUT2D eigenvalue weighted by molar-refractivity contribution is 6.08. The van der Waals surface area contributed by atoms with Crippen LogP contribution in [0.2, 0.25) is 0 Å². The van der Waals surface area contributed by atoms with Gasteiger partial charge in [-0.25, -0.2) is 9.48 Å². The van der Waals surface area contributed by atoms with E-state index in [1.165, 1.54) is 23.7 Å². The molecule has 1 aromatic heterocycles. The molecule has 14 heteroatoms. The minimum absolute atomic E-state index is 0.307. The summed E-state index contributed by atoms with van der Waals surface area (Å²) in [6.45, 7) is 0.992. The van der Waals surface area contributed by atoms with E-state index in [0.29, 0.717) is 78.8 Å². The fourth-order valence-corrected chi connectivity index (χ4v) is 5.22. The Morgan fingerprint density at radius 1 is 0.930 bits per heavy atom. The van der Waals surface area contributed by atoms with Crippen LogP contribution < -0.4 is 19.3 Å². The number of hydrogen-bond acceptors (Lipinski definition) is 8. The predicted molar refractivity (Wildman–Crippen MR) is 149 cm³/mol. The summed E-state index contributed by atoms with van der Waals surface area (Å²) >= 11 is 0. The highest BCUT2D eigenvalue weighted by Crippen LogP contribution is 2.33. The van der Waals surface area contributed by atoms with Crippen LogP contribution in [0.3, 0.4) is 0 Å². The smallest absolute Gasteiger partial charge is 0.490 e. The lowest BCUT2D eigenvalue weighted by Gasteiger charge is -2.30. The quantitative estimate of drug-likeness (QED) is 0.361. The summed E-state index contributed by atoms with van der Waals surface area (Å²) < 4.78 is 55.6. The number of ether oxygens (including phenoxy) is 3. The van der Waals surface area contributed by atoms with Gasteiger partial charge in [-0.05, 0) is 67.8 Å². The summed E-state index contributed by atoms with van der Waals surface area (Å²) in [4.78, 5) is 42.8. The van der Waals surface area contributed by atoms with Gasteiger partial charge in [0.1, 0.15) is 11.4 Å². The first kappa shape index (κ1) is 29.9. The minimum atomic E-state index is -5.23. The zero-order chi connectivity index (χ0) is 30.9. The van der Waals surface area contributed by atoms with Crippen LogP contribution in [0, 0.1) is 0 Å². The van der Waals surface area contributed by atoms with Crippen molar-refractivity contribution in [2.45, 2.75) is 31.7 Å². The zero-order valence-corrected chi connectivity index (χ0v) is 23.8. The molecule has 3 aromatic rings. The second-order valence-electron chi connectivity index (χ2n) is 10.1. The van der Waals surface area contributed by atoms with Crippen LogP contribution in [0.25, 0.3) is 5.69 Å². The molecule has 1 atom stereocenters. The van der Waals surface area contributed by atoms with Crippen LogP contribution in [-0.4, -0.2) is 85.8 Å². The molecule has 5 rings (SSSR count). The van der Waals surface area contributed by atoms with Gasteiger partial charge in [-0.3, -0.25) is 14.5 Å². The number of amides is 2. The number of carbonyl (C=O) groups is 3. The lowest BCUT2D eigenvalue weighted by Crippen LogP contribution is -2.50. The van der Waals surface area contributed by atoms with Gasteiger partial charge in [0.15, 0.2) is 0 Å². The van der Waals surface area contributed by atoms with E-state index in [1.807, 2.05) is 0 Å². The van der Waals surface area contributed by atoms with E-state index in [2.05, 4.69) is 9.84 Å². The number of esters is 1. The van der Waals surface area contributed by atoms with Crippen LogP contribution in [0.4, 0.5) is 24.5 Å². The molecule has 0 bridgehead atoms. The van der Waals surface area contributed by atoms with Gasteiger partial charge in [-0.15, -0.1) is 5.10 Å². The molecule has 1 unspecified atom stereocenters. The van der Waals surface area contributed by atoms with Crippen LogP contribution in [0.15, 0.2) is 48.5 Å². The molecule has 0 radical (unpaired) electrons. The molecule has 0 aliphatic carbocycles. The van der Waals surface area contributed by atoms with Crippen molar-refractivity contribution in [2.24, 2.45) is 0 Å². The maximum Gasteiger partial charge on any atom is 0.490 e. The number of fused-ring (bicyclic) bond motifs is 1. The van der Waals surface area contributed by atoms with Crippen molar-refractivity contribution in [1.82, 2.24) is 14.7 Å². The van der Waals surface area contributed by atoms with Gasteiger partial charge in [0.05, 0.1) is 19.9 Å². The summed E-state index contributed by atoms with van der Waals surface area (Å²) in [5.41, 5.74) is 2.56. The second kappa shape index (κ2) is 12.0. The Morgan fingerprint density at radius 3 is 2.14 bits per heavy atom. The molecule has 2 aliphatic heterocycles. The van der Waals surface area contributed by atoms with Gasteiger partial charge in [0.2, 0.25) is 12.1 Å². The monoisotopic (exact) mass is 601 g/mol. The van der Waals surface area contributed by atoms with Crippen LogP contribution in [0.1, 0.15) is 28.9 Å². The third kappa shape index (κ3) is 5.87. The lowest BCUT2D eigenvalue weighted by molar-refractivity contribution is -0.212. The molecular formula is C29H30F3N5O6. The van der Waals surface area contributed by atoms with Crippen molar-refractivity contribution in [3.63, 3.8) is 0 Å². The van der Waals surface area contributed by atoms with E-state index in [0.717, 1.165) is 4.90 Å². The number of benzene rings is 2. The predicted octanol–water partition coefficient (Wildman–Crippen LogP) is 3.58. The average Bonchev–Trinajstić information content (AvgIpc) is 3.68. The van der Waals surface area contributed by atoms with Crippen molar-refractivity contribution in [1.29, 1.82) is 0 Å². The van der Waals surface area contributed by atoms with Crippen LogP contribution >= 0.6 is 0 Å². The largest absolute Gasteiger partial charge is 0.497 e. The zero-order valence-electron chi connectivity index (χ0n) is 23.8. The van der Waals surface area contributed by atoms with E-state index in [1.54, 1.807) is 60.5 Å². The normalized spacial score (nSPS) is 16.0. The number of methoxy groups -OCH3 is 2. The molecule has 43 heavy (non-hydrogen) atoms. The van der Waals surface area contributed by atoms with E-state index in [-0.39, 0.29) is 5.91 Å². The number of likely N-dealkylation sites (N-methyl/N-ethyl adjacent to an activating group) is 1. The van der Waals surface area contributed by atoms with E-state index >= 15 is 0 Å². The van der Waals surface area contributed by atoms with Crippen molar-refractivity contribution >= 4 is 29.2 Å². The average molecular weight is 602 g/mol. The number of nitrogens with zero attached hydrogens (tertiary/aromatic N) is 5. The van der Waals surface area contributed by atoms with Crippen LogP contribution in [-0.2, 0) is 20.7 Å². The Labute approximate surface area is 245 Å². The Hall–Kier alpha value is -4.59. The maximum absolute atomic E-state index is 13.8. The Kier molecular flexibility index (Phi) is 8.31. The summed E-state index contributed by atoms with van der Waals surface area (Å²) in [6, 6.07) is 13.5. The SMILES string of the molecule is COc1ccc(-n2nc(OC)c3c2C(=O)N(c2ccc(N(C)C(=O)C(OC(=O)C(F)(F)F)N4CCCC4)cc2)CC3)cc1. The molecule has 11 nitrogen and oxygen atoms in total. The fourth-order valence-electron chi connectivity index (χ4n) is 5.22. The molecule has 1 fully saturated rings. The van der Waals surface area contributed by atoms with Crippen molar-refractivity contribution < 1.29 is 41.8 Å². The molecule has 0 spiro atoms. The van der Waals surface area contributed by atoms with Crippen LogP contribution in [0.5, 0.6) is 11.6 Å². The maximum atomic E-state index is 13.8. The topological polar surface area (TPSA) is 106 Å². The molecule has 2 aliphatic rings. The lowest BCUT2D eigenvalue weighted by atomic mass is 10.0. The second-order valence-corrected chi connectivity index (χ2v) is 10.1. The first-order chi connectivity index (χ1) is 20.5. The Bertz CT molecular complexity index is 1500. The molecular weight excluding hydrogens is 571 g/mol. The van der Waals surface area contributed by atoms with E-state index in [9.17, 15) is 27.6 Å². The first-order valence-electron chi connectivity index (χ1n) is 13.5. The van der Waals surface area contributed by atoms with Gasteiger partial charge in [0.25, 0.3) is 11.8 Å². The summed E-state index contributed by atoms with van der Waals surface area (Å²) in [6.07, 6.45) is -5.13. The van der Waals surface area contributed by atoms with E-state index in [4.69, 9.17) is 9.47 Å². The number of rotatable bonds is 8. The van der Waals surface area contributed by atoms with Crippen molar-refractivity contribution in [3.8, 4) is 17.3 Å². The summed E-state index contributed by atoms with van der Waals surface area (Å²) in [5.74, 6) is -2.54. The highest BCUT2D eigenvalue weighted by Gasteiger charge is 2.45. The highest BCUT2D eigenvalue weighted by atomic mass is 19.4. The first-order valence-corrected chi connectivity index (χ1v) is 13.5. The third-order valence-corrected chi connectivity index (χ3v) is 7.50. The summed E-state index contributed by atoms with van der Waals surface area (Å²) in [5, 5.41) is 4.51. The minimum Gasteiger partial charge on any atom is -0.497 e. The Balaban J connectivity index is 1.37. The molecule has 2 aromatic carbocycles. The number of carbonyl (C=O) groups excluding carboxylic acids is 3. The number of aromatic nitrogens is 2. The number of alkyl halides is 3. The van der Waals surface area contributed by atoms with Gasteiger partial charge in [-0.2, -0.15) is 13.2 Å². The third-order valence-electron chi connectivity index (χ3n) is 7.50. The van der Waals surface area contributed by atoms with Gasteiger partial charge in [-0.1, -0.05) is 0 Å². The van der Waals surface area contributed by atoms with Crippen molar-refractivity contribution in [2.75, 3.05) is 50.7 Å². The van der Waals surface area contributed by atoms with Gasteiger partial charge < -0.3 is 24.0 Å². The van der Waals surface area contributed by atoms with Gasteiger partial charge in [0, 0.05) is 43.6 Å². The molecule has 0 saturated carbocycles. The molecule has 0 N–H and O–H groups in total. The molecule has 2 amide bonds. The fraction of sp³-hybridized carbons (Fsp3) is 0.379. The number of halogens is 3. The standard InChI is InChI=1S/C29H30F3N5O6/c1-34(26(39)27(35-15-4-5-16-35)43-28(40)29(30,31)32)18-6-8-19(9-7-18)36-17-14-22-23(25(36)38)37(33-24(22)42-3)20-10-12-21(41-2)13-11-20/h6-13,27H,4-5,14-17H2,1-3H3. The van der Waals surface area contributed by atoms with Crippen molar-refractivity contribution in [3.05, 3.63) is 59.8 Å². The Morgan fingerprint density at radius 2 is 1.56 bits per heavy atom. The molecule has 1 saturated heterocycles. The molecule has 3 heterocycles.